The first-order chi connectivity index (χ1) is 9.31. The van der Waals surface area contributed by atoms with Crippen molar-refractivity contribution < 1.29 is 4.79 Å². The molecule has 0 bridgehead atoms. The molecule has 2 aromatic heterocycles. The molecule has 3 heterocycles. The van der Waals surface area contributed by atoms with E-state index in [0.29, 0.717) is 12.5 Å². The number of amides is 1. The van der Waals surface area contributed by atoms with Crippen LogP contribution >= 0.6 is 11.3 Å². The molecule has 19 heavy (non-hydrogen) atoms. The summed E-state index contributed by atoms with van der Waals surface area (Å²) in [6.07, 6.45) is 3.72. The van der Waals surface area contributed by atoms with Crippen molar-refractivity contribution in [2.24, 2.45) is 0 Å². The van der Waals surface area contributed by atoms with E-state index < -0.39 is 0 Å². The van der Waals surface area contributed by atoms with Gasteiger partial charge in [0.05, 0.1) is 12.5 Å². The number of hydrogen-bond acceptors (Lipinski definition) is 5. The molecule has 3 rings (SSSR count). The number of thiophene rings is 1. The summed E-state index contributed by atoms with van der Waals surface area (Å²) in [6.45, 7) is 1.49. The van der Waals surface area contributed by atoms with Gasteiger partial charge in [-0.1, -0.05) is 0 Å². The molecule has 0 spiro atoms. The minimum atomic E-state index is 0.194. The van der Waals surface area contributed by atoms with Crippen molar-refractivity contribution in [2.45, 2.75) is 12.5 Å². The summed E-state index contributed by atoms with van der Waals surface area (Å²) in [7, 11) is 0. The van der Waals surface area contributed by atoms with Crippen LogP contribution in [0, 0.1) is 0 Å². The van der Waals surface area contributed by atoms with Gasteiger partial charge >= 0.3 is 0 Å². The van der Waals surface area contributed by atoms with E-state index >= 15 is 0 Å². The third-order valence-electron chi connectivity index (χ3n) is 3.10. The fraction of sp³-hybridized carbons (Fsp3) is 0.308. The highest BCUT2D eigenvalue weighted by Gasteiger charge is 2.30. The molecule has 5 nitrogen and oxygen atoms in total. The van der Waals surface area contributed by atoms with E-state index in [1.165, 1.54) is 6.33 Å². The van der Waals surface area contributed by atoms with E-state index in [2.05, 4.69) is 15.3 Å². The number of anilines is 1. The molecule has 0 unspecified atom stereocenters. The SMILES string of the molecule is O=C(Cc1ccsc1)N1CC(Nc2ccncn2)C1. The van der Waals surface area contributed by atoms with Crippen LogP contribution in [0.15, 0.2) is 35.4 Å². The van der Waals surface area contributed by atoms with Crippen molar-refractivity contribution in [3.63, 3.8) is 0 Å². The Morgan fingerprint density at radius 1 is 1.47 bits per heavy atom. The monoisotopic (exact) mass is 274 g/mol. The molecule has 6 heteroatoms. The fourth-order valence-electron chi connectivity index (χ4n) is 2.04. The second-order valence-electron chi connectivity index (χ2n) is 4.54. The van der Waals surface area contributed by atoms with Crippen LogP contribution in [0.5, 0.6) is 0 Å². The summed E-state index contributed by atoms with van der Waals surface area (Å²) < 4.78 is 0. The molecule has 0 aromatic carbocycles. The lowest BCUT2D eigenvalue weighted by Crippen LogP contribution is -2.57. The molecule has 1 saturated heterocycles. The average Bonchev–Trinajstić information content (AvgIpc) is 2.87. The maximum Gasteiger partial charge on any atom is 0.227 e. The smallest absolute Gasteiger partial charge is 0.227 e. The first-order valence-corrected chi connectivity index (χ1v) is 7.07. The van der Waals surface area contributed by atoms with Crippen LogP contribution in [0.25, 0.3) is 0 Å². The van der Waals surface area contributed by atoms with Gasteiger partial charge in [-0.15, -0.1) is 0 Å². The zero-order valence-corrected chi connectivity index (χ0v) is 11.1. The maximum absolute atomic E-state index is 12.0. The molecule has 98 valence electrons. The number of rotatable bonds is 4. The quantitative estimate of drug-likeness (QED) is 0.915. The third-order valence-corrected chi connectivity index (χ3v) is 3.84. The molecular weight excluding hydrogens is 260 g/mol. The number of nitrogens with zero attached hydrogens (tertiary/aromatic N) is 3. The third kappa shape index (κ3) is 2.90. The summed E-state index contributed by atoms with van der Waals surface area (Å²) in [4.78, 5) is 21.8. The highest BCUT2D eigenvalue weighted by Crippen LogP contribution is 2.15. The topological polar surface area (TPSA) is 58.1 Å². The standard InChI is InChI=1S/C13H14N4OS/c18-13(5-10-2-4-19-8-10)17-6-11(7-17)16-12-1-3-14-9-15-12/h1-4,8-9,11H,5-7H2,(H,14,15,16). The Labute approximate surface area is 115 Å². The molecule has 0 atom stereocenters. The molecule has 1 N–H and O–H groups in total. The van der Waals surface area contributed by atoms with Crippen LogP contribution in [-0.2, 0) is 11.2 Å². The number of carbonyl (C=O) groups excluding carboxylic acids is 1. The highest BCUT2D eigenvalue weighted by molar-refractivity contribution is 7.07. The van der Waals surface area contributed by atoms with Crippen molar-refractivity contribution in [1.29, 1.82) is 0 Å². The molecule has 0 radical (unpaired) electrons. The largest absolute Gasteiger partial charge is 0.364 e. The number of likely N-dealkylation sites (tertiary alicyclic amines) is 1. The minimum Gasteiger partial charge on any atom is -0.364 e. The Kier molecular flexibility index (Phi) is 3.41. The molecule has 1 amide bonds. The van der Waals surface area contributed by atoms with Crippen molar-refractivity contribution in [3.05, 3.63) is 41.0 Å². The van der Waals surface area contributed by atoms with E-state index in [4.69, 9.17) is 0 Å². The molecule has 1 aliphatic rings. The van der Waals surface area contributed by atoms with E-state index in [9.17, 15) is 4.79 Å². The Bertz CT molecular complexity index is 537. The van der Waals surface area contributed by atoms with Crippen molar-refractivity contribution >= 4 is 23.1 Å². The molecular formula is C13H14N4OS. The zero-order chi connectivity index (χ0) is 13.1. The van der Waals surface area contributed by atoms with Gasteiger partial charge in [0, 0.05) is 19.3 Å². The summed E-state index contributed by atoms with van der Waals surface area (Å²) in [5, 5.41) is 7.30. The van der Waals surface area contributed by atoms with Gasteiger partial charge in [-0.2, -0.15) is 11.3 Å². The van der Waals surface area contributed by atoms with Crippen molar-refractivity contribution in [3.8, 4) is 0 Å². The van der Waals surface area contributed by atoms with Crippen LogP contribution < -0.4 is 5.32 Å². The second-order valence-corrected chi connectivity index (χ2v) is 5.32. The van der Waals surface area contributed by atoms with E-state index in [0.717, 1.165) is 24.5 Å². The average molecular weight is 274 g/mol. The number of hydrogen-bond donors (Lipinski definition) is 1. The second kappa shape index (κ2) is 5.36. The summed E-state index contributed by atoms with van der Waals surface area (Å²) >= 11 is 1.62. The zero-order valence-electron chi connectivity index (χ0n) is 10.3. The summed E-state index contributed by atoms with van der Waals surface area (Å²) in [6, 6.07) is 4.12. The number of aromatic nitrogens is 2. The van der Waals surface area contributed by atoms with Gasteiger partial charge in [0.2, 0.25) is 5.91 Å². The first kappa shape index (κ1) is 12.1. The van der Waals surface area contributed by atoms with Gasteiger partial charge in [-0.3, -0.25) is 4.79 Å². The molecule has 1 fully saturated rings. The lowest BCUT2D eigenvalue weighted by atomic mass is 10.1. The molecule has 1 aliphatic heterocycles. The van der Waals surface area contributed by atoms with Crippen LogP contribution in [0.2, 0.25) is 0 Å². The van der Waals surface area contributed by atoms with E-state index in [-0.39, 0.29) is 5.91 Å². The van der Waals surface area contributed by atoms with Crippen molar-refractivity contribution in [1.82, 2.24) is 14.9 Å². The Morgan fingerprint density at radius 3 is 3.05 bits per heavy atom. The maximum atomic E-state index is 12.0. The van der Waals surface area contributed by atoms with Gasteiger partial charge in [-0.25, -0.2) is 9.97 Å². The normalized spacial score (nSPS) is 15.1. The Morgan fingerprint density at radius 2 is 2.37 bits per heavy atom. The van der Waals surface area contributed by atoms with Gasteiger partial charge in [0.15, 0.2) is 0 Å². The van der Waals surface area contributed by atoms with E-state index in [1.54, 1.807) is 17.5 Å². The fourth-order valence-corrected chi connectivity index (χ4v) is 2.71. The predicted octanol–water partition coefficient (Wildman–Crippen LogP) is 1.40. The van der Waals surface area contributed by atoms with Crippen molar-refractivity contribution in [2.75, 3.05) is 18.4 Å². The van der Waals surface area contributed by atoms with Gasteiger partial charge < -0.3 is 10.2 Å². The van der Waals surface area contributed by atoms with Crippen LogP contribution in [0.1, 0.15) is 5.56 Å². The van der Waals surface area contributed by atoms with Crippen LogP contribution in [0.4, 0.5) is 5.82 Å². The summed E-state index contributed by atoms with van der Waals surface area (Å²) in [5.74, 6) is 1.00. The van der Waals surface area contributed by atoms with E-state index in [1.807, 2.05) is 27.8 Å². The van der Waals surface area contributed by atoms with Gasteiger partial charge in [0.25, 0.3) is 0 Å². The molecule has 2 aromatic rings. The van der Waals surface area contributed by atoms with Gasteiger partial charge in [-0.05, 0) is 28.5 Å². The summed E-state index contributed by atoms with van der Waals surface area (Å²) in [5.41, 5.74) is 1.10. The Balaban J connectivity index is 1.46. The number of nitrogens with one attached hydrogen (secondary N) is 1. The van der Waals surface area contributed by atoms with Crippen LogP contribution in [0.3, 0.4) is 0 Å². The highest BCUT2D eigenvalue weighted by atomic mass is 32.1. The lowest BCUT2D eigenvalue weighted by Gasteiger charge is -2.39. The van der Waals surface area contributed by atoms with Gasteiger partial charge in [0.1, 0.15) is 12.1 Å². The predicted molar refractivity (Wildman–Crippen MR) is 74.0 cm³/mol. The lowest BCUT2D eigenvalue weighted by molar-refractivity contribution is -0.134. The molecule has 0 aliphatic carbocycles. The Hall–Kier alpha value is -1.95. The molecule has 0 saturated carbocycles. The van der Waals surface area contributed by atoms with Crippen LogP contribution in [-0.4, -0.2) is 39.9 Å². The first-order valence-electron chi connectivity index (χ1n) is 6.12. The number of carbonyl (C=O) groups is 1. The minimum absolute atomic E-state index is 0.194.